The average Bonchev–Trinajstić information content (AvgIpc) is 2.54. The van der Waals surface area contributed by atoms with Crippen LogP contribution in [0.5, 0.6) is 0 Å². The molecule has 1 saturated carbocycles. The molecule has 2 rings (SSSR count). The molecule has 1 aromatic carbocycles. The third kappa shape index (κ3) is 5.78. The van der Waals surface area contributed by atoms with E-state index in [1.807, 2.05) is 0 Å². The Kier molecular flexibility index (Phi) is 6.22. The lowest BCUT2D eigenvalue weighted by molar-refractivity contribution is -0.384. The molecule has 0 bridgehead atoms. The van der Waals surface area contributed by atoms with Gasteiger partial charge in [0.15, 0.2) is 5.11 Å². The van der Waals surface area contributed by atoms with Gasteiger partial charge in [-0.05, 0) is 36.7 Å². The first-order chi connectivity index (χ1) is 11.0. The quantitative estimate of drug-likeness (QED) is 0.383. The zero-order valence-electron chi connectivity index (χ0n) is 12.7. The minimum absolute atomic E-state index is 0.0120. The van der Waals surface area contributed by atoms with Gasteiger partial charge in [-0.2, -0.15) is 0 Å². The molecule has 7 heteroatoms. The summed E-state index contributed by atoms with van der Waals surface area (Å²) in [5.74, 6) is -0.357. The number of nitro groups is 1. The van der Waals surface area contributed by atoms with Gasteiger partial charge in [0, 0.05) is 24.3 Å². The van der Waals surface area contributed by atoms with Gasteiger partial charge in [0.2, 0.25) is 5.91 Å². The van der Waals surface area contributed by atoms with Crippen LogP contribution in [0, 0.1) is 10.1 Å². The number of amides is 1. The first kappa shape index (κ1) is 17.1. The van der Waals surface area contributed by atoms with Gasteiger partial charge in [0.25, 0.3) is 5.69 Å². The van der Waals surface area contributed by atoms with E-state index in [4.69, 9.17) is 12.2 Å². The Bertz CT molecular complexity index is 625. The topological polar surface area (TPSA) is 84.3 Å². The lowest BCUT2D eigenvalue weighted by atomic mass is 9.96. The Hall–Kier alpha value is -2.28. The summed E-state index contributed by atoms with van der Waals surface area (Å²) in [5, 5.41) is 16.8. The molecule has 0 heterocycles. The molecule has 0 unspecified atom stereocenters. The number of hydrogen-bond acceptors (Lipinski definition) is 4. The van der Waals surface area contributed by atoms with E-state index in [-0.39, 0.29) is 11.6 Å². The van der Waals surface area contributed by atoms with Crippen LogP contribution in [0.3, 0.4) is 0 Å². The van der Waals surface area contributed by atoms with Crippen molar-refractivity contribution in [1.29, 1.82) is 0 Å². The highest BCUT2D eigenvalue weighted by Gasteiger charge is 2.14. The van der Waals surface area contributed by atoms with Crippen molar-refractivity contribution < 1.29 is 9.72 Å². The van der Waals surface area contributed by atoms with Gasteiger partial charge >= 0.3 is 0 Å². The molecule has 6 nitrogen and oxygen atoms in total. The number of nitrogens with zero attached hydrogens (tertiary/aromatic N) is 1. The summed E-state index contributed by atoms with van der Waals surface area (Å²) in [5.41, 5.74) is 0.572. The van der Waals surface area contributed by atoms with E-state index in [2.05, 4.69) is 10.6 Å². The largest absolute Gasteiger partial charge is 0.360 e. The average molecular weight is 333 g/mol. The standard InChI is InChI=1S/C16H19N3O3S/c20-15(18-16(23)17-13-6-2-1-3-7-13)10-9-12-5-4-8-14(11-12)19(21)22/h4-5,8-11,13H,1-3,6-7H2,(H2,17,18,20,23)/b10-9+. The van der Waals surface area contributed by atoms with Crippen molar-refractivity contribution in [3.05, 3.63) is 46.0 Å². The molecule has 2 N–H and O–H groups in total. The van der Waals surface area contributed by atoms with Crippen molar-refractivity contribution in [3.63, 3.8) is 0 Å². The highest BCUT2D eigenvalue weighted by Crippen LogP contribution is 2.17. The summed E-state index contributed by atoms with van der Waals surface area (Å²) in [4.78, 5) is 22.1. The molecular formula is C16H19N3O3S. The minimum atomic E-state index is -0.472. The zero-order chi connectivity index (χ0) is 16.7. The molecule has 1 aromatic rings. The van der Waals surface area contributed by atoms with E-state index < -0.39 is 4.92 Å². The van der Waals surface area contributed by atoms with E-state index in [0.29, 0.717) is 16.7 Å². The number of rotatable bonds is 4. The predicted octanol–water partition coefficient (Wildman–Crippen LogP) is 2.93. The van der Waals surface area contributed by atoms with Gasteiger partial charge in [0.05, 0.1) is 4.92 Å². The zero-order valence-corrected chi connectivity index (χ0v) is 13.5. The third-order valence-electron chi connectivity index (χ3n) is 3.69. The Labute approximate surface area is 140 Å². The van der Waals surface area contributed by atoms with Gasteiger partial charge in [-0.3, -0.25) is 20.2 Å². The van der Waals surface area contributed by atoms with Crippen LogP contribution < -0.4 is 10.6 Å². The van der Waals surface area contributed by atoms with Crippen molar-refractivity contribution in [2.75, 3.05) is 0 Å². The van der Waals surface area contributed by atoms with Crippen LogP contribution in [0.4, 0.5) is 5.69 Å². The van der Waals surface area contributed by atoms with Crippen molar-refractivity contribution in [3.8, 4) is 0 Å². The molecule has 1 aliphatic carbocycles. The molecule has 0 radical (unpaired) electrons. The third-order valence-corrected chi connectivity index (χ3v) is 3.91. The maximum absolute atomic E-state index is 11.8. The number of carbonyl (C=O) groups excluding carboxylic acids is 1. The van der Waals surface area contributed by atoms with Crippen LogP contribution in [0.25, 0.3) is 6.08 Å². The Balaban J connectivity index is 1.84. The van der Waals surface area contributed by atoms with Crippen LogP contribution >= 0.6 is 12.2 Å². The summed E-state index contributed by atoms with van der Waals surface area (Å²) >= 11 is 5.13. The monoisotopic (exact) mass is 333 g/mol. The number of nitrogens with one attached hydrogen (secondary N) is 2. The lowest BCUT2D eigenvalue weighted by Gasteiger charge is -2.23. The summed E-state index contributed by atoms with van der Waals surface area (Å²) in [7, 11) is 0. The van der Waals surface area contributed by atoms with Gasteiger partial charge in [0.1, 0.15) is 0 Å². The van der Waals surface area contributed by atoms with Gasteiger partial charge < -0.3 is 5.32 Å². The summed E-state index contributed by atoms with van der Waals surface area (Å²) in [6.45, 7) is 0. The molecule has 122 valence electrons. The molecule has 0 atom stereocenters. The Morgan fingerprint density at radius 1 is 1.30 bits per heavy atom. The molecule has 1 aliphatic rings. The molecule has 0 aromatic heterocycles. The van der Waals surface area contributed by atoms with E-state index in [1.165, 1.54) is 43.5 Å². The fourth-order valence-electron chi connectivity index (χ4n) is 2.54. The van der Waals surface area contributed by atoms with E-state index in [9.17, 15) is 14.9 Å². The van der Waals surface area contributed by atoms with E-state index >= 15 is 0 Å². The maximum atomic E-state index is 11.8. The molecule has 1 fully saturated rings. The van der Waals surface area contributed by atoms with Gasteiger partial charge in [-0.15, -0.1) is 0 Å². The van der Waals surface area contributed by atoms with Crippen molar-refractivity contribution in [1.82, 2.24) is 10.6 Å². The number of carbonyl (C=O) groups is 1. The second-order valence-electron chi connectivity index (χ2n) is 5.48. The molecule has 0 spiro atoms. The SMILES string of the molecule is O=C(/C=C/c1cccc([N+](=O)[O-])c1)NC(=S)NC1CCCCC1. The lowest BCUT2D eigenvalue weighted by Crippen LogP contribution is -2.44. The Morgan fingerprint density at radius 3 is 2.74 bits per heavy atom. The highest BCUT2D eigenvalue weighted by molar-refractivity contribution is 7.80. The molecule has 1 amide bonds. The number of hydrogen-bond donors (Lipinski definition) is 2. The van der Waals surface area contributed by atoms with Crippen molar-refractivity contribution >= 4 is 35.0 Å². The number of non-ortho nitro benzene ring substituents is 1. The van der Waals surface area contributed by atoms with E-state index in [0.717, 1.165) is 12.8 Å². The maximum Gasteiger partial charge on any atom is 0.270 e. The Morgan fingerprint density at radius 2 is 2.04 bits per heavy atom. The minimum Gasteiger partial charge on any atom is -0.360 e. The molecule has 0 saturated heterocycles. The van der Waals surface area contributed by atoms with Crippen molar-refractivity contribution in [2.45, 2.75) is 38.1 Å². The van der Waals surface area contributed by atoms with Crippen molar-refractivity contribution in [2.24, 2.45) is 0 Å². The fourth-order valence-corrected chi connectivity index (χ4v) is 2.80. The molecule has 0 aliphatic heterocycles. The molecule has 23 heavy (non-hydrogen) atoms. The summed E-state index contributed by atoms with van der Waals surface area (Å²) in [6.07, 6.45) is 8.59. The normalized spacial score (nSPS) is 15.3. The van der Waals surface area contributed by atoms with Gasteiger partial charge in [-0.1, -0.05) is 31.4 Å². The fraction of sp³-hybridized carbons (Fsp3) is 0.375. The number of nitro benzene ring substituents is 1. The van der Waals surface area contributed by atoms with Crippen LogP contribution in [-0.4, -0.2) is 22.0 Å². The van der Waals surface area contributed by atoms with Gasteiger partial charge in [-0.25, -0.2) is 0 Å². The van der Waals surface area contributed by atoms with Crippen LogP contribution in [0.15, 0.2) is 30.3 Å². The van der Waals surface area contributed by atoms with Crippen LogP contribution in [0.1, 0.15) is 37.7 Å². The van der Waals surface area contributed by atoms with Crippen LogP contribution in [0.2, 0.25) is 0 Å². The highest BCUT2D eigenvalue weighted by atomic mass is 32.1. The summed E-state index contributed by atoms with van der Waals surface area (Å²) < 4.78 is 0. The number of benzene rings is 1. The molecular weight excluding hydrogens is 314 g/mol. The van der Waals surface area contributed by atoms with Crippen LogP contribution in [-0.2, 0) is 4.79 Å². The predicted molar refractivity (Wildman–Crippen MR) is 92.9 cm³/mol. The first-order valence-electron chi connectivity index (χ1n) is 7.58. The smallest absolute Gasteiger partial charge is 0.270 e. The summed E-state index contributed by atoms with van der Waals surface area (Å²) in [6, 6.07) is 6.40. The first-order valence-corrected chi connectivity index (χ1v) is 7.99. The number of thiocarbonyl (C=S) groups is 1. The second kappa shape index (κ2) is 8.38. The second-order valence-corrected chi connectivity index (χ2v) is 5.89. The van der Waals surface area contributed by atoms with E-state index in [1.54, 1.807) is 12.1 Å².